The van der Waals surface area contributed by atoms with Crippen LogP contribution in [0.25, 0.3) is 21.8 Å². The molecule has 1 N–H and O–H groups in total. The van der Waals surface area contributed by atoms with Gasteiger partial charge in [-0.2, -0.15) is 0 Å². The predicted molar refractivity (Wildman–Crippen MR) is 86.4 cm³/mol. The van der Waals surface area contributed by atoms with Gasteiger partial charge in [-0.3, -0.25) is 0 Å². The van der Waals surface area contributed by atoms with Gasteiger partial charge in [0.25, 0.3) is 0 Å². The van der Waals surface area contributed by atoms with Crippen molar-refractivity contribution in [1.29, 1.82) is 0 Å². The van der Waals surface area contributed by atoms with Crippen molar-refractivity contribution in [2.45, 2.75) is 46.0 Å². The number of imidazole rings is 1. The molecule has 0 saturated heterocycles. The number of nitrogens with one attached hydrogen (secondary N) is 1. The predicted octanol–water partition coefficient (Wildman–Crippen LogP) is 5.14. The van der Waals surface area contributed by atoms with Crippen LogP contribution in [0.1, 0.15) is 51.9 Å². The fourth-order valence-corrected chi connectivity index (χ4v) is 2.54. The second-order valence-corrected chi connectivity index (χ2v) is 6.93. The summed E-state index contributed by atoms with van der Waals surface area (Å²) in [6, 6.07) is 11.0. The number of hydrogen-bond donors (Lipinski definition) is 1. The highest BCUT2D eigenvalue weighted by molar-refractivity contribution is 6.04. The highest BCUT2D eigenvalue weighted by Gasteiger charge is 2.19. The van der Waals surface area contributed by atoms with Crippen LogP contribution in [0.2, 0.25) is 0 Å². The first-order valence-electron chi connectivity index (χ1n) is 7.29. The van der Waals surface area contributed by atoms with Crippen LogP contribution in [0.5, 0.6) is 0 Å². The van der Waals surface area contributed by atoms with E-state index in [1.165, 1.54) is 16.3 Å². The second kappa shape index (κ2) is 4.34. The van der Waals surface area contributed by atoms with Crippen molar-refractivity contribution in [1.82, 2.24) is 9.97 Å². The van der Waals surface area contributed by atoms with Crippen molar-refractivity contribution >= 4 is 21.8 Å². The molecule has 0 aliphatic rings. The molecule has 0 aliphatic heterocycles. The Hall–Kier alpha value is -1.83. The molecule has 0 fully saturated rings. The van der Waals surface area contributed by atoms with Gasteiger partial charge in [0.05, 0.1) is 11.0 Å². The Balaban J connectivity index is 2.27. The molecule has 0 saturated carbocycles. The van der Waals surface area contributed by atoms with Gasteiger partial charge in [0.1, 0.15) is 5.82 Å². The summed E-state index contributed by atoms with van der Waals surface area (Å²) in [7, 11) is 0. The summed E-state index contributed by atoms with van der Waals surface area (Å²) in [6.07, 6.45) is 0. The highest BCUT2D eigenvalue weighted by atomic mass is 14.9. The number of aromatic amines is 1. The number of rotatable bonds is 1. The average molecular weight is 266 g/mol. The molecule has 0 amide bonds. The lowest BCUT2D eigenvalue weighted by Gasteiger charge is -2.13. The molecule has 1 heterocycles. The number of nitrogens with zero attached hydrogens (tertiary/aromatic N) is 1. The van der Waals surface area contributed by atoms with Gasteiger partial charge in [0.15, 0.2) is 0 Å². The van der Waals surface area contributed by atoms with Crippen molar-refractivity contribution in [2.75, 3.05) is 0 Å². The molecule has 3 aromatic rings. The highest BCUT2D eigenvalue weighted by Crippen LogP contribution is 2.29. The Morgan fingerprint density at radius 2 is 1.80 bits per heavy atom. The minimum atomic E-state index is 0.0449. The number of aromatic nitrogens is 2. The van der Waals surface area contributed by atoms with Crippen molar-refractivity contribution in [3.63, 3.8) is 0 Å². The Morgan fingerprint density at radius 3 is 2.45 bits per heavy atom. The van der Waals surface area contributed by atoms with E-state index in [9.17, 15) is 0 Å². The molecule has 2 heteroatoms. The maximum Gasteiger partial charge on any atom is 0.112 e. The maximum absolute atomic E-state index is 4.74. The molecule has 0 radical (unpaired) electrons. The Bertz CT molecular complexity index is 773. The lowest BCUT2D eigenvalue weighted by atomic mass is 9.96. The monoisotopic (exact) mass is 266 g/mol. The zero-order chi connectivity index (χ0) is 14.5. The lowest BCUT2D eigenvalue weighted by molar-refractivity contribution is 0.554. The summed E-state index contributed by atoms with van der Waals surface area (Å²) in [4.78, 5) is 8.25. The number of fused-ring (bicyclic) bond motifs is 3. The molecular formula is C18H22N2. The minimum absolute atomic E-state index is 0.0449. The van der Waals surface area contributed by atoms with E-state index < -0.39 is 0 Å². The van der Waals surface area contributed by atoms with Crippen molar-refractivity contribution in [3.05, 3.63) is 41.7 Å². The standard InChI is InChI=1S/C18H22N2/c1-11(2)12-6-8-14-13(10-12)7-9-15-16(14)20-17(19-15)18(3,4)5/h6-11H,1-5H3,(H,19,20). The van der Waals surface area contributed by atoms with Crippen LogP contribution < -0.4 is 0 Å². The quantitative estimate of drug-likeness (QED) is 0.649. The number of H-pyrrole nitrogens is 1. The van der Waals surface area contributed by atoms with Crippen LogP contribution in [0, 0.1) is 0 Å². The van der Waals surface area contributed by atoms with E-state index in [0.29, 0.717) is 5.92 Å². The molecular weight excluding hydrogens is 244 g/mol. The Morgan fingerprint density at radius 1 is 1.05 bits per heavy atom. The first kappa shape index (κ1) is 13.2. The minimum Gasteiger partial charge on any atom is -0.341 e. The van der Waals surface area contributed by atoms with E-state index in [0.717, 1.165) is 16.9 Å². The Labute approximate surface area is 120 Å². The third kappa shape index (κ3) is 2.09. The van der Waals surface area contributed by atoms with Crippen LogP contribution in [-0.2, 0) is 5.41 Å². The van der Waals surface area contributed by atoms with Gasteiger partial charge in [-0.25, -0.2) is 4.98 Å². The molecule has 0 aliphatic carbocycles. The first-order chi connectivity index (χ1) is 9.36. The van der Waals surface area contributed by atoms with Crippen LogP contribution in [0.3, 0.4) is 0 Å². The summed E-state index contributed by atoms with van der Waals surface area (Å²) in [6.45, 7) is 11.0. The van der Waals surface area contributed by atoms with Gasteiger partial charge in [-0.1, -0.05) is 58.9 Å². The largest absolute Gasteiger partial charge is 0.341 e. The SMILES string of the molecule is CC(C)c1ccc2c(ccc3nc(C(C)(C)C)[nH]c32)c1. The van der Waals surface area contributed by atoms with Gasteiger partial charge in [0.2, 0.25) is 0 Å². The molecule has 2 aromatic carbocycles. The van der Waals surface area contributed by atoms with E-state index in [4.69, 9.17) is 4.98 Å². The van der Waals surface area contributed by atoms with Gasteiger partial charge < -0.3 is 4.98 Å². The van der Waals surface area contributed by atoms with E-state index in [1.54, 1.807) is 0 Å². The molecule has 104 valence electrons. The number of benzene rings is 2. The molecule has 2 nitrogen and oxygen atoms in total. The lowest BCUT2D eigenvalue weighted by Crippen LogP contribution is -2.12. The Kier molecular flexibility index (Phi) is 2.86. The topological polar surface area (TPSA) is 28.7 Å². The van der Waals surface area contributed by atoms with Crippen LogP contribution in [-0.4, -0.2) is 9.97 Å². The maximum atomic E-state index is 4.74. The molecule has 0 unspecified atom stereocenters. The van der Waals surface area contributed by atoms with Crippen LogP contribution in [0.4, 0.5) is 0 Å². The third-order valence-electron chi connectivity index (χ3n) is 3.87. The smallest absolute Gasteiger partial charge is 0.112 e. The third-order valence-corrected chi connectivity index (χ3v) is 3.87. The zero-order valence-electron chi connectivity index (χ0n) is 12.9. The molecule has 0 atom stereocenters. The summed E-state index contributed by atoms with van der Waals surface area (Å²) in [5.74, 6) is 1.61. The molecule has 20 heavy (non-hydrogen) atoms. The van der Waals surface area contributed by atoms with E-state index >= 15 is 0 Å². The first-order valence-corrected chi connectivity index (χ1v) is 7.29. The van der Waals surface area contributed by atoms with Crippen molar-refractivity contribution < 1.29 is 0 Å². The summed E-state index contributed by atoms with van der Waals surface area (Å²) >= 11 is 0. The van der Waals surface area contributed by atoms with Gasteiger partial charge in [-0.05, 0) is 22.9 Å². The van der Waals surface area contributed by atoms with E-state index in [-0.39, 0.29) is 5.41 Å². The molecule has 0 spiro atoms. The fraction of sp³-hybridized carbons (Fsp3) is 0.389. The van der Waals surface area contributed by atoms with E-state index in [1.807, 2.05) is 0 Å². The van der Waals surface area contributed by atoms with Crippen molar-refractivity contribution in [3.8, 4) is 0 Å². The van der Waals surface area contributed by atoms with Gasteiger partial charge in [-0.15, -0.1) is 0 Å². The van der Waals surface area contributed by atoms with Gasteiger partial charge in [0, 0.05) is 10.8 Å². The van der Waals surface area contributed by atoms with Crippen LogP contribution in [0.15, 0.2) is 30.3 Å². The van der Waals surface area contributed by atoms with E-state index in [2.05, 4.69) is 69.9 Å². The number of hydrogen-bond acceptors (Lipinski definition) is 1. The molecule has 3 rings (SSSR count). The van der Waals surface area contributed by atoms with Gasteiger partial charge >= 0.3 is 0 Å². The summed E-state index contributed by atoms with van der Waals surface area (Å²) < 4.78 is 0. The summed E-state index contributed by atoms with van der Waals surface area (Å²) in [5.41, 5.74) is 3.64. The fourth-order valence-electron chi connectivity index (χ4n) is 2.54. The van der Waals surface area contributed by atoms with Crippen molar-refractivity contribution in [2.24, 2.45) is 0 Å². The molecule has 1 aromatic heterocycles. The zero-order valence-corrected chi connectivity index (χ0v) is 12.9. The normalized spacial score (nSPS) is 12.7. The average Bonchev–Trinajstić information content (AvgIpc) is 2.82. The second-order valence-electron chi connectivity index (χ2n) is 6.93. The van der Waals surface area contributed by atoms with Crippen LogP contribution >= 0.6 is 0 Å². The molecule has 0 bridgehead atoms. The summed E-state index contributed by atoms with van der Waals surface area (Å²) in [5, 5.41) is 2.54.